The Kier molecular flexibility index (Phi) is 6.97. The SMILES string of the molecule is COCCC1(C(=O)Nc2ccc(OC)c(N)c2)CCCC1.Cl. The predicted octanol–water partition coefficient (Wildman–Crippen LogP) is 3.23. The summed E-state index contributed by atoms with van der Waals surface area (Å²) in [5, 5.41) is 3.00. The summed E-state index contributed by atoms with van der Waals surface area (Å²) in [7, 11) is 3.24. The van der Waals surface area contributed by atoms with E-state index in [0.29, 0.717) is 23.7 Å². The van der Waals surface area contributed by atoms with Crippen LogP contribution in [0.5, 0.6) is 5.75 Å². The number of anilines is 2. The lowest BCUT2D eigenvalue weighted by Crippen LogP contribution is -2.35. The van der Waals surface area contributed by atoms with Gasteiger partial charge in [0.25, 0.3) is 0 Å². The molecule has 0 unspecified atom stereocenters. The van der Waals surface area contributed by atoms with Crippen LogP contribution in [0.4, 0.5) is 11.4 Å². The number of methoxy groups -OCH3 is 2. The largest absolute Gasteiger partial charge is 0.495 e. The van der Waals surface area contributed by atoms with Crippen molar-refractivity contribution < 1.29 is 14.3 Å². The molecule has 1 fully saturated rings. The predicted molar refractivity (Wildman–Crippen MR) is 90.7 cm³/mol. The molecule has 0 spiro atoms. The maximum Gasteiger partial charge on any atom is 0.230 e. The zero-order valence-corrected chi connectivity index (χ0v) is 14.0. The molecule has 1 amide bonds. The van der Waals surface area contributed by atoms with Gasteiger partial charge in [-0.15, -0.1) is 12.4 Å². The summed E-state index contributed by atoms with van der Waals surface area (Å²) in [4.78, 5) is 12.7. The third kappa shape index (κ3) is 4.05. The van der Waals surface area contributed by atoms with E-state index < -0.39 is 0 Å². The Morgan fingerprint density at radius 2 is 2.00 bits per heavy atom. The van der Waals surface area contributed by atoms with Crippen LogP contribution in [0.15, 0.2) is 18.2 Å². The van der Waals surface area contributed by atoms with Crippen LogP contribution >= 0.6 is 12.4 Å². The lowest BCUT2D eigenvalue weighted by molar-refractivity contribution is -0.126. The molecule has 0 heterocycles. The average molecular weight is 329 g/mol. The minimum Gasteiger partial charge on any atom is -0.495 e. The van der Waals surface area contributed by atoms with Crippen molar-refractivity contribution in [1.82, 2.24) is 0 Å². The van der Waals surface area contributed by atoms with E-state index in [1.807, 2.05) is 6.07 Å². The minimum absolute atomic E-state index is 0. The van der Waals surface area contributed by atoms with Gasteiger partial charge in [0.2, 0.25) is 5.91 Å². The molecule has 1 aromatic carbocycles. The molecule has 124 valence electrons. The second-order valence-electron chi connectivity index (χ2n) is 5.64. The Hall–Kier alpha value is -1.46. The molecule has 1 aliphatic rings. The Morgan fingerprint density at radius 1 is 1.32 bits per heavy atom. The number of amides is 1. The van der Waals surface area contributed by atoms with Gasteiger partial charge in [0.05, 0.1) is 18.2 Å². The first-order valence-corrected chi connectivity index (χ1v) is 7.35. The van der Waals surface area contributed by atoms with Crippen molar-refractivity contribution >= 4 is 29.7 Å². The second kappa shape index (κ2) is 8.25. The van der Waals surface area contributed by atoms with E-state index in [-0.39, 0.29) is 23.7 Å². The lowest BCUT2D eigenvalue weighted by atomic mass is 9.82. The fraction of sp³-hybridized carbons (Fsp3) is 0.562. The van der Waals surface area contributed by atoms with Gasteiger partial charge in [0.1, 0.15) is 5.75 Å². The van der Waals surface area contributed by atoms with Crippen LogP contribution in [0.25, 0.3) is 0 Å². The molecule has 0 saturated heterocycles. The van der Waals surface area contributed by atoms with E-state index in [1.54, 1.807) is 26.4 Å². The van der Waals surface area contributed by atoms with Crippen molar-refractivity contribution in [1.29, 1.82) is 0 Å². The molecule has 0 aliphatic heterocycles. The highest BCUT2D eigenvalue weighted by Gasteiger charge is 2.40. The first-order valence-electron chi connectivity index (χ1n) is 7.35. The molecule has 1 saturated carbocycles. The molecule has 3 N–H and O–H groups in total. The van der Waals surface area contributed by atoms with E-state index in [2.05, 4.69) is 5.32 Å². The number of carbonyl (C=O) groups excluding carboxylic acids is 1. The third-order valence-electron chi connectivity index (χ3n) is 4.31. The quantitative estimate of drug-likeness (QED) is 0.786. The van der Waals surface area contributed by atoms with E-state index in [1.165, 1.54) is 0 Å². The highest BCUT2D eigenvalue weighted by Crippen LogP contribution is 2.42. The minimum atomic E-state index is -0.301. The molecule has 0 bridgehead atoms. The van der Waals surface area contributed by atoms with Gasteiger partial charge in [-0.2, -0.15) is 0 Å². The number of nitrogens with one attached hydrogen (secondary N) is 1. The summed E-state index contributed by atoms with van der Waals surface area (Å²) < 4.78 is 10.3. The second-order valence-corrected chi connectivity index (χ2v) is 5.64. The molecular formula is C16H25ClN2O3. The Morgan fingerprint density at radius 3 is 2.55 bits per heavy atom. The number of benzene rings is 1. The van der Waals surface area contributed by atoms with Crippen LogP contribution < -0.4 is 15.8 Å². The molecule has 6 heteroatoms. The molecule has 5 nitrogen and oxygen atoms in total. The van der Waals surface area contributed by atoms with Crippen molar-refractivity contribution in [2.45, 2.75) is 32.1 Å². The van der Waals surface area contributed by atoms with Crippen LogP contribution in [0.2, 0.25) is 0 Å². The summed E-state index contributed by atoms with van der Waals surface area (Å²) in [5.41, 5.74) is 6.81. The number of hydrogen-bond acceptors (Lipinski definition) is 4. The first kappa shape index (κ1) is 18.6. The molecule has 0 aromatic heterocycles. The Balaban J connectivity index is 0.00000242. The van der Waals surface area contributed by atoms with Gasteiger partial charge in [-0.05, 0) is 37.5 Å². The number of rotatable bonds is 6. The van der Waals surface area contributed by atoms with E-state index in [4.69, 9.17) is 15.2 Å². The van der Waals surface area contributed by atoms with Gasteiger partial charge in [-0.3, -0.25) is 4.79 Å². The van der Waals surface area contributed by atoms with Gasteiger partial charge < -0.3 is 20.5 Å². The van der Waals surface area contributed by atoms with Crippen LogP contribution in [0.3, 0.4) is 0 Å². The number of nitrogens with two attached hydrogens (primary N) is 1. The van der Waals surface area contributed by atoms with Crippen molar-refractivity contribution in [3.63, 3.8) is 0 Å². The summed E-state index contributed by atoms with van der Waals surface area (Å²) in [6, 6.07) is 5.31. The van der Waals surface area contributed by atoms with Gasteiger partial charge in [-0.25, -0.2) is 0 Å². The van der Waals surface area contributed by atoms with Crippen LogP contribution in [-0.4, -0.2) is 26.7 Å². The van der Waals surface area contributed by atoms with Crippen LogP contribution in [0, 0.1) is 5.41 Å². The Labute approximate surface area is 138 Å². The van der Waals surface area contributed by atoms with Gasteiger partial charge in [-0.1, -0.05) is 12.8 Å². The first-order chi connectivity index (χ1) is 10.1. The summed E-state index contributed by atoms with van der Waals surface area (Å²) in [5.74, 6) is 0.685. The summed E-state index contributed by atoms with van der Waals surface area (Å²) in [6.07, 6.45) is 4.81. The van der Waals surface area contributed by atoms with Crippen molar-refractivity contribution in [3.8, 4) is 5.75 Å². The van der Waals surface area contributed by atoms with Gasteiger partial charge in [0, 0.05) is 19.4 Å². The summed E-state index contributed by atoms with van der Waals surface area (Å²) >= 11 is 0. The van der Waals surface area contributed by atoms with Crippen molar-refractivity contribution in [3.05, 3.63) is 18.2 Å². The molecule has 1 aromatic rings. The van der Waals surface area contributed by atoms with Crippen LogP contribution in [-0.2, 0) is 9.53 Å². The van der Waals surface area contributed by atoms with Crippen molar-refractivity contribution in [2.75, 3.05) is 31.9 Å². The highest BCUT2D eigenvalue weighted by atomic mass is 35.5. The smallest absolute Gasteiger partial charge is 0.230 e. The van der Waals surface area contributed by atoms with E-state index >= 15 is 0 Å². The molecular weight excluding hydrogens is 304 g/mol. The third-order valence-corrected chi connectivity index (χ3v) is 4.31. The number of nitrogen functional groups attached to an aromatic ring is 1. The Bertz CT molecular complexity index is 502. The van der Waals surface area contributed by atoms with E-state index in [9.17, 15) is 4.79 Å². The highest BCUT2D eigenvalue weighted by molar-refractivity contribution is 5.96. The maximum atomic E-state index is 12.7. The topological polar surface area (TPSA) is 73.6 Å². The number of carbonyl (C=O) groups is 1. The standard InChI is InChI=1S/C16H24N2O3.ClH/c1-20-10-9-16(7-3-4-8-16)15(19)18-12-5-6-14(21-2)13(17)11-12;/h5-6,11H,3-4,7-10,17H2,1-2H3,(H,18,19);1H. The van der Waals surface area contributed by atoms with Gasteiger partial charge >= 0.3 is 0 Å². The zero-order valence-electron chi connectivity index (χ0n) is 13.2. The van der Waals surface area contributed by atoms with Gasteiger partial charge in [0.15, 0.2) is 0 Å². The lowest BCUT2D eigenvalue weighted by Gasteiger charge is -2.27. The molecule has 22 heavy (non-hydrogen) atoms. The molecule has 2 rings (SSSR count). The normalized spacial score (nSPS) is 15.9. The molecule has 0 radical (unpaired) electrons. The fourth-order valence-corrected chi connectivity index (χ4v) is 3.02. The number of hydrogen-bond donors (Lipinski definition) is 2. The fourth-order valence-electron chi connectivity index (χ4n) is 3.02. The average Bonchev–Trinajstić information content (AvgIpc) is 2.95. The molecule has 0 atom stereocenters. The summed E-state index contributed by atoms with van der Waals surface area (Å²) in [6.45, 7) is 0.609. The van der Waals surface area contributed by atoms with Crippen LogP contribution in [0.1, 0.15) is 32.1 Å². The monoisotopic (exact) mass is 328 g/mol. The number of halogens is 1. The zero-order chi connectivity index (χ0) is 15.3. The van der Waals surface area contributed by atoms with E-state index in [0.717, 1.165) is 32.1 Å². The van der Waals surface area contributed by atoms with Crippen molar-refractivity contribution in [2.24, 2.45) is 5.41 Å². The maximum absolute atomic E-state index is 12.7. The molecule has 1 aliphatic carbocycles. The number of ether oxygens (including phenoxy) is 2.